The maximum Gasteiger partial charge on any atom is 0.277 e. The van der Waals surface area contributed by atoms with Gasteiger partial charge in [0.25, 0.3) is 5.91 Å². The van der Waals surface area contributed by atoms with Gasteiger partial charge in [0.2, 0.25) is 5.91 Å². The van der Waals surface area contributed by atoms with E-state index < -0.39 is 6.10 Å². The molecule has 0 radical (unpaired) electrons. The second-order valence-corrected chi connectivity index (χ2v) is 10.9. The highest BCUT2D eigenvalue weighted by atomic mass is 32.1. The molecular weight excluding hydrogens is 454 g/mol. The lowest BCUT2D eigenvalue weighted by Crippen LogP contribution is -2.53. The number of carbonyl (C=O) groups is 2. The van der Waals surface area contributed by atoms with E-state index in [1.807, 2.05) is 6.92 Å². The van der Waals surface area contributed by atoms with E-state index in [1.165, 1.54) is 29.9 Å². The Balaban J connectivity index is 1.51. The van der Waals surface area contributed by atoms with Crippen LogP contribution in [0.4, 0.5) is 5.13 Å². The fraction of sp³-hybridized carbons (Fsp3) is 0.625. The number of hydrogen-bond acceptors (Lipinski definition) is 8. The van der Waals surface area contributed by atoms with E-state index in [0.717, 1.165) is 29.8 Å². The quantitative estimate of drug-likeness (QED) is 0.513. The monoisotopic (exact) mass is 487 g/mol. The summed E-state index contributed by atoms with van der Waals surface area (Å²) in [5, 5.41) is 17.8. The molecule has 2 aliphatic rings. The topological polar surface area (TPSA) is 126 Å². The van der Waals surface area contributed by atoms with Gasteiger partial charge in [-0.2, -0.15) is 0 Å². The first-order valence-corrected chi connectivity index (χ1v) is 12.6. The first kappa shape index (κ1) is 24.7. The number of ether oxygens (including phenoxy) is 1. The molecule has 0 saturated heterocycles. The fourth-order valence-electron chi connectivity index (χ4n) is 5.81. The van der Waals surface area contributed by atoms with Crippen LogP contribution in [-0.4, -0.2) is 58.2 Å². The van der Waals surface area contributed by atoms with Crippen molar-refractivity contribution in [2.75, 3.05) is 25.6 Å². The van der Waals surface area contributed by atoms with Gasteiger partial charge in [0.15, 0.2) is 5.13 Å². The number of carbonyl (C=O) groups excluding carboxylic acids is 2. The van der Waals surface area contributed by atoms with Crippen LogP contribution in [0.5, 0.6) is 0 Å². The van der Waals surface area contributed by atoms with Crippen LogP contribution in [0.25, 0.3) is 0 Å². The predicted octanol–water partition coefficient (Wildman–Crippen LogP) is 2.64. The van der Waals surface area contributed by atoms with Crippen LogP contribution < -0.4 is 10.6 Å². The highest BCUT2D eigenvalue weighted by Gasteiger charge is 2.53. The summed E-state index contributed by atoms with van der Waals surface area (Å²) in [6.07, 6.45) is 6.34. The first-order valence-electron chi connectivity index (χ1n) is 11.8. The van der Waals surface area contributed by atoms with Gasteiger partial charge in [-0.1, -0.05) is 20.8 Å². The van der Waals surface area contributed by atoms with Crippen LogP contribution in [0.2, 0.25) is 0 Å². The molecule has 9 nitrogen and oxygen atoms in total. The van der Waals surface area contributed by atoms with E-state index in [1.54, 1.807) is 7.11 Å². The van der Waals surface area contributed by atoms with Crippen LogP contribution in [-0.2, 0) is 16.0 Å². The molecule has 1 fully saturated rings. The summed E-state index contributed by atoms with van der Waals surface area (Å²) in [4.78, 5) is 39.1. The zero-order chi connectivity index (χ0) is 24.5. The van der Waals surface area contributed by atoms with Gasteiger partial charge in [-0.25, -0.2) is 9.97 Å². The Morgan fingerprint density at radius 3 is 2.88 bits per heavy atom. The number of nitrogens with zero attached hydrogens (tertiary/aromatic N) is 3. The van der Waals surface area contributed by atoms with Crippen molar-refractivity contribution in [3.8, 4) is 0 Å². The molecule has 2 heterocycles. The lowest BCUT2D eigenvalue weighted by atomic mass is 9.53. The zero-order valence-electron chi connectivity index (χ0n) is 20.1. The maximum absolute atomic E-state index is 12.7. The minimum Gasteiger partial charge on any atom is -0.392 e. The van der Waals surface area contributed by atoms with Gasteiger partial charge in [-0.3, -0.25) is 19.9 Å². The lowest BCUT2D eigenvalue weighted by Gasteiger charge is -2.53. The molecule has 34 heavy (non-hydrogen) atoms. The summed E-state index contributed by atoms with van der Waals surface area (Å²) in [6.45, 7) is 7.17. The van der Waals surface area contributed by atoms with Gasteiger partial charge in [-0.15, -0.1) is 11.3 Å². The molecule has 3 N–H and O–H groups in total. The summed E-state index contributed by atoms with van der Waals surface area (Å²) in [5.74, 6) is -0.797. The van der Waals surface area contributed by atoms with Crippen LogP contribution in [0.3, 0.4) is 0 Å². The van der Waals surface area contributed by atoms with Crippen molar-refractivity contribution in [2.24, 2.45) is 23.2 Å². The average molecular weight is 488 g/mol. The molecule has 184 valence electrons. The highest BCUT2D eigenvalue weighted by molar-refractivity contribution is 7.15. The summed E-state index contributed by atoms with van der Waals surface area (Å²) < 4.78 is 5.02. The molecule has 0 aliphatic heterocycles. The van der Waals surface area contributed by atoms with Crippen LogP contribution in [0.1, 0.15) is 60.6 Å². The molecule has 10 heteroatoms. The van der Waals surface area contributed by atoms with Crippen molar-refractivity contribution in [2.45, 2.75) is 52.1 Å². The molecule has 2 aromatic rings. The Bertz CT molecular complexity index is 1030. The molecule has 2 aliphatic carbocycles. The number of thiazole rings is 1. The average Bonchev–Trinajstić information content (AvgIpc) is 3.21. The van der Waals surface area contributed by atoms with Crippen LogP contribution in [0, 0.1) is 23.2 Å². The first-order chi connectivity index (χ1) is 16.2. The fourth-order valence-corrected chi connectivity index (χ4v) is 7.07. The molecular formula is C24H33N5O4S. The number of rotatable bonds is 7. The number of methoxy groups -OCH3 is 1. The zero-order valence-corrected chi connectivity index (χ0v) is 20.9. The number of aliphatic hydroxyl groups excluding tert-OH is 1. The minimum atomic E-state index is -0.607. The standard InChI is InChI=1S/C24H33N5O4S/c1-13(21(31)27-9-10-33-4)15-5-6-24(3)11-17-19(14(2)18(24)20(15)30)28-23(34-17)29-22(32)16-12-25-7-8-26-16/h7-8,12-15,18,20,30H,5-6,9-11H2,1-4H3,(H,27,31)(H,28,29,32)/t13-,14-,15-,18+,20-,24-/m0/s1. The third-order valence-electron chi connectivity index (χ3n) is 7.60. The summed E-state index contributed by atoms with van der Waals surface area (Å²) in [5.41, 5.74) is 1.08. The van der Waals surface area contributed by atoms with Crippen molar-refractivity contribution < 1.29 is 19.4 Å². The number of fused-ring (bicyclic) bond motifs is 2. The summed E-state index contributed by atoms with van der Waals surface area (Å²) in [6, 6.07) is 0. The van der Waals surface area contributed by atoms with E-state index in [-0.39, 0.29) is 46.6 Å². The molecule has 0 bridgehead atoms. The number of hydrogen-bond donors (Lipinski definition) is 3. The molecule has 1 saturated carbocycles. The molecule has 0 aromatic carbocycles. The van der Waals surface area contributed by atoms with E-state index in [0.29, 0.717) is 18.3 Å². The lowest BCUT2D eigenvalue weighted by molar-refractivity contribution is -0.135. The van der Waals surface area contributed by atoms with Crippen molar-refractivity contribution in [3.05, 3.63) is 34.9 Å². The Hall–Kier alpha value is -2.43. The maximum atomic E-state index is 12.7. The van der Waals surface area contributed by atoms with E-state index in [2.05, 4.69) is 34.4 Å². The number of aromatic nitrogens is 3. The molecule has 0 spiro atoms. The SMILES string of the molecule is COCCNC(=O)[C@@H](C)[C@@H]1CC[C@@]2(C)Cc3sc(NC(=O)c4cnccn4)nc3[C@@H](C)[C@@H]2[C@H]1O. The Morgan fingerprint density at radius 1 is 1.38 bits per heavy atom. The second-order valence-electron chi connectivity index (χ2n) is 9.78. The molecule has 2 aromatic heterocycles. The largest absolute Gasteiger partial charge is 0.392 e. The minimum absolute atomic E-state index is 0.00808. The molecule has 0 unspecified atom stereocenters. The van der Waals surface area contributed by atoms with Gasteiger partial charge in [-0.05, 0) is 36.5 Å². The predicted molar refractivity (Wildman–Crippen MR) is 129 cm³/mol. The van der Waals surface area contributed by atoms with Crippen molar-refractivity contribution in [1.82, 2.24) is 20.3 Å². The van der Waals surface area contributed by atoms with Crippen molar-refractivity contribution in [1.29, 1.82) is 0 Å². The normalized spacial score (nSPS) is 29.0. The molecule has 2 amide bonds. The van der Waals surface area contributed by atoms with Crippen LogP contribution in [0.15, 0.2) is 18.6 Å². The van der Waals surface area contributed by atoms with Gasteiger partial charge >= 0.3 is 0 Å². The van der Waals surface area contributed by atoms with Gasteiger partial charge in [0, 0.05) is 42.8 Å². The van der Waals surface area contributed by atoms with E-state index >= 15 is 0 Å². The molecule has 4 rings (SSSR count). The number of anilines is 1. The van der Waals surface area contributed by atoms with Gasteiger partial charge in [0.05, 0.1) is 24.6 Å². The second kappa shape index (κ2) is 10.1. The van der Waals surface area contributed by atoms with Gasteiger partial charge in [0.1, 0.15) is 5.69 Å². The Labute approximate surface area is 203 Å². The number of amides is 2. The highest BCUT2D eigenvalue weighted by Crippen LogP contribution is 2.57. The van der Waals surface area contributed by atoms with E-state index in [9.17, 15) is 14.7 Å². The third kappa shape index (κ3) is 4.71. The molecule has 6 atom stereocenters. The number of aliphatic hydroxyl groups is 1. The summed E-state index contributed by atoms with van der Waals surface area (Å²) in [7, 11) is 1.60. The Morgan fingerprint density at radius 2 is 2.18 bits per heavy atom. The Kier molecular flexibility index (Phi) is 7.30. The van der Waals surface area contributed by atoms with Crippen LogP contribution >= 0.6 is 11.3 Å². The number of nitrogens with one attached hydrogen (secondary N) is 2. The van der Waals surface area contributed by atoms with Crippen molar-refractivity contribution >= 4 is 28.3 Å². The summed E-state index contributed by atoms with van der Waals surface area (Å²) >= 11 is 1.49. The van der Waals surface area contributed by atoms with E-state index in [4.69, 9.17) is 9.72 Å². The third-order valence-corrected chi connectivity index (χ3v) is 8.59. The smallest absolute Gasteiger partial charge is 0.277 e. The van der Waals surface area contributed by atoms with Crippen molar-refractivity contribution in [3.63, 3.8) is 0 Å². The van der Waals surface area contributed by atoms with Gasteiger partial charge < -0.3 is 15.2 Å².